The summed E-state index contributed by atoms with van der Waals surface area (Å²) in [6.45, 7) is 0.759. The molecule has 0 spiro atoms. The maximum atomic E-state index is 11.6. The van der Waals surface area contributed by atoms with Crippen LogP contribution in [-0.4, -0.2) is 38.6 Å². The second-order valence-corrected chi connectivity index (χ2v) is 4.87. The molecule has 4 nitrogen and oxygen atoms in total. The van der Waals surface area contributed by atoms with E-state index in [1.165, 1.54) is 10.3 Å². The predicted octanol–water partition coefficient (Wildman–Crippen LogP) is 2.03. The SMILES string of the molecule is CNCc1c(OCC(=O)N(C)C)ccc2ccccc12. The molecule has 0 saturated heterocycles. The number of hydrogen-bond acceptors (Lipinski definition) is 3. The highest BCUT2D eigenvalue weighted by Gasteiger charge is 2.10. The number of carbonyl (C=O) groups is 1. The van der Waals surface area contributed by atoms with Crippen LogP contribution in [-0.2, 0) is 11.3 Å². The minimum absolute atomic E-state index is 0.0476. The van der Waals surface area contributed by atoms with E-state index in [1.807, 2.05) is 31.3 Å². The number of fused-ring (bicyclic) bond motifs is 1. The van der Waals surface area contributed by atoms with E-state index in [0.29, 0.717) is 6.54 Å². The smallest absolute Gasteiger partial charge is 0.259 e. The van der Waals surface area contributed by atoms with Crippen molar-refractivity contribution in [2.45, 2.75) is 6.54 Å². The second kappa shape index (κ2) is 6.39. The number of nitrogens with one attached hydrogen (secondary N) is 1. The molecule has 0 aliphatic carbocycles. The van der Waals surface area contributed by atoms with Crippen molar-refractivity contribution in [3.63, 3.8) is 0 Å². The Balaban J connectivity index is 2.32. The molecule has 1 amide bonds. The number of ether oxygens (including phenoxy) is 1. The number of nitrogens with zero attached hydrogens (tertiary/aromatic N) is 1. The first kappa shape index (κ1) is 14.3. The number of likely N-dealkylation sites (N-methyl/N-ethyl adjacent to an activating group) is 1. The van der Waals surface area contributed by atoms with Crippen molar-refractivity contribution < 1.29 is 9.53 Å². The van der Waals surface area contributed by atoms with E-state index < -0.39 is 0 Å². The molecular formula is C16H20N2O2. The molecule has 20 heavy (non-hydrogen) atoms. The number of hydrogen-bond donors (Lipinski definition) is 1. The first-order valence-corrected chi connectivity index (χ1v) is 6.61. The maximum Gasteiger partial charge on any atom is 0.259 e. The lowest BCUT2D eigenvalue weighted by Crippen LogP contribution is -2.27. The van der Waals surface area contributed by atoms with Crippen LogP contribution in [0.4, 0.5) is 0 Å². The summed E-state index contributed by atoms with van der Waals surface area (Å²) in [6.07, 6.45) is 0. The van der Waals surface area contributed by atoms with Crippen molar-refractivity contribution in [3.8, 4) is 5.75 Å². The Bertz CT molecular complexity index is 608. The van der Waals surface area contributed by atoms with Gasteiger partial charge in [-0.05, 0) is 23.9 Å². The van der Waals surface area contributed by atoms with Crippen LogP contribution in [0.15, 0.2) is 36.4 Å². The highest BCUT2D eigenvalue weighted by atomic mass is 16.5. The van der Waals surface area contributed by atoms with Crippen LogP contribution < -0.4 is 10.1 Å². The van der Waals surface area contributed by atoms with Gasteiger partial charge in [0.05, 0.1) is 0 Å². The fourth-order valence-electron chi connectivity index (χ4n) is 2.08. The Labute approximate surface area is 119 Å². The molecule has 2 aromatic carbocycles. The molecule has 2 aromatic rings. The third-order valence-corrected chi connectivity index (χ3v) is 3.20. The Kier molecular flexibility index (Phi) is 4.58. The van der Waals surface area contributed by atoms with Gasteiger partial charge in [-0.3, -0.25) is 4.79 Å². The van der Waals surface area contributed by atoms with Crippen molar-refractivity contribution >= 4 is 16.7 Å². The zero-order valence-electron chi connectivity index (χ0n) is 12.1. The lowest BCUT2D eigenvalue weighted by molar-refractivity contribution is -0.130. The van der Waals surface area contributed by atoms with Crippen molar-refractivity contribution in [1.82, 2.24) is 10.2 Å². The molecule has 0 unspecified atom stereocenters. The van der Waals surface area contributed by atoms with Crippen molar-refractivity contribution in [1.29, 1.82) is 0 Å². The Morgan fingerprint density at radius 3 is 2.65 bits per heavy atom. The molecule has 0 heterocycles. The summed E-state index contributed by atoms with van der Waals surface area (Å²) in [5, 5.41) is 5.47. The molecular weight excluding hydrogens is 252 g/mol. The highest BCUT2D eigenvalue weighted by molar-refractivity contribution is 5.88. The van der Waals surface area contributed by atoms with Gasteiger partial charge < -0.3 is 15.0 Å². The summed E-state index contributed by atoms with van der Waals surface area (Å²) in [5.41, 5.74) is 1.08. The van der Waals surface area contributed by atoms with Gasteiger partial charge in [0.1, 0.15) is 5.75 Å². The molecule has 4 heteroatoms. The van der Waals surface area contributed by atoms with Crippen LogP contribution in [0.5, 0.6) is 5.75 Å². The zero-order valence-corrected chi connectivity index (χ0v) is 12.1. The van der Waals surface area contributed by atoms with Crippen LogP contribution in [0.2, 0.25) is 0 Å². The number of carbonyl (C=O) groups excluding carboxylic acids is 1. The molecule has 0 atom stereocenters. The lowest BCUT2D eigenvalue weighted by atomic mass is 10.0. The average Bonchev–Trinajstić information content (AvgIpc) is 2.46. The fourth-order valence-corrected chi connectivity index (χ4v) is 2.08. The molecule has 0 bridgehead atoms. The van der Waals surface area contributed by atoms with Crippen LogP contribution >= 0.6 is 0 Å². The zero-order chi connectivity index (χ0) is 14.5. The first-order valence-electron chi connectivity index (χ1n) is 6.61. The maximum absolute atomic E-state index is 11.6. The number of amides is 1. The molecule has 0 aliphatic heterocycles. The fraction of sp³-hybridized carbons (Fsp3) is 0.312. The van der Waals surface area contributed by atoms with Gasteiger partial charge in [-0.1, -0.05) is 30.3 Å². The quantitative estimate of drug-likeness (QED) is 0.905. The van der Waals surface area contributed by atoms with E-state index in [9.17, 15) is 4.79 Å². The topological polar surface area (TPSA) is 41.6 Å². The van der Waals surface area contributed by atoms with E-state index >= 15 is 0 Å². The van der Waals surface area contributed by atoms with Crippen LogP contribution in [0.3, 0.4) is 0 Å². The van der Waals surface area contributed by atoms with Gasteiger partial charge >= 0.3 is 0 Å². The third-order valence-electron chi connectivity index (χ3n) is 3.20. The molecule has 0 saturated carbocycles. The van der Waals surface area contributed by atoms with Gasteiger partial charge in [0.25, 0.3) is 5.91 Å². The summed E-state index contributed by atoms with van der Waals surface area (Å²) >= 11 is 0. The minimum Gasteiger partial charge on any atom is -0.483 e. The van der Waals surface area contributed by atoms with Gasteiger partial charge in [-0.15, -0.1) is 0 Å². The third kappa shape index (κ3) is 3.08. The van der Waals surface area contributed by atoms with Crippen molar-refractivity contribution in [3.05, 3.63) is 42.0 Å². The molecule has 106 valence electrons. The number of rotatable bonds is 5. The largest absolute Gasteiger partial charge is 0.483 e. The monoisotopic (exact) mass is 272 g/mol. The van der Waals surface area contributed by atoms with Gasteiger partial charge in [-0.25, -0.2) is 0 Å². The summed E-state index contributed by atoms with van der Waals surface area (Å²) in [6, 6.07) is 12.1. The van der Waals surface area contributed by atoms with Gasteiger partial charge in [0, 0.05) is 26.2 Å². The summed E-state index contributed by atoms with van der Waals surface area (Å²) < 4.78 is 5.69. The molecule has 0 fully saturated rings. The van der Waals surface area contributed by atoms with Gasteiger partial charge in [0.15, 0.2) is 6.61 Å². The van der Waals surface area contributed by atoms with E-state index in [1.54, 1.807) is 14.1 Å². The van der Waals surface area contributed by atoms with Gasteiger partial charge in [0.2, 0.25) is 0 Å². The van der Waals surface area contributed by atoms with E-state index in [2.05, 4.69) is 17.4 Å². The first-order chi connectivity index (χ1) is 9.63. The normalized spacial score (nSPS) is 10.6. The second-order valence-electron chi connectivity index (χ2n) is 4.87. The molecule has 2 rings (SSSR count). The predicted molar refractivity (Wildman–Crippen MR) is 80.9 cm³/mol. The highest BCUT2D eigenvalue weighted by Crippen LogP contribution is 2.28. The van der Waals surface area contributed by atoms with Crippen LogP contribution in [0, 0.1) is 0 Å². The summed E-state index contributed by atoms with van der Waals surface area (Å²) in [4.78, 5) is 13.2. The molecule has 0 aromatic heterocycles. The minimum atomic E-state index is -0.0476. The van der Waals surface area contributed by atoms with Crippen molar-refractivity contribution in [2.75, 3.05) is 27.7 Å². The van der Waals surface area contributed by atoms with Crippen molar-refractivity contribution in [2.24, 2.45) is 0 Å². The lowest BCUT2D eigenvalue weighted by Gasteiger charge is -2.15. The average molecular weight is 272 g/mol. The molecule has 0 aliphatic rings. The van der Waals surface area contributed by atoms with Crippen LogP contribution in [0.25, 0.3) is 10.8 Å². The Hall–Kier alpha value is -2.07. The Morgan fingerprint density at radius 1 is 1.20 bits per heavy atom. The summed E-state index contributed by atoms with van der Waals surface area (Å²) in [7, 11) is 5.34. The Morgan fingerprint density at radius 2 is 1.95 bits per heavy atom. The van der Waals surface area contributed by atoms with E-state index in [4.69, 9.17) is 4.74 Å². The van der Waals surface area contributed by atoms with E-state index in [-0.39, 0.29) is 12.5 Å². The summed E-state index contributed by atoms with van der Waals surface area (Å²) in [5.74, 6) is 0.710. The molecule has 0 radical (unpaired) electrons. The van der Waals surface area contributed by atoms with Crippen LogP contribution in [0.1, 0.15) is 5.56 Å². The molecule has 1 N–H and O–H groups in total. The van der Waals surface area contributed by atoms with E-state index in [0.717, 1.165) is 16.7 Å². The number of benzene rings is 2. The van der Waals surface area contributed by atoms with Gasteiger partial charge in [-0.2, -0.15) is 0 Å². The standard InChI is InChI=1S/C16H20N2O2/c1-17-10-14-13-7-5-4-6-12(13)8-9-15(14)20-11-16(19)18(2)3/h4-9,17H,10-11H2,1-3H3.